The van der Waals surface area contributed by atoms with Crippen LogP contribution in [-0.4, -0.2) is 30.7 Å². The molecule has 0 saturated heterocycles. The Labute approximate surface area is 98.3 Å². The maximum atomic E-state index is 11.6. The molecule has 0 fully saturated rings. The van der Waals surface area contributed by atoms with Crippen molar-refractivity contribution in [2.45, 2.75) is 13.0 Å². The summed E-state index contributed by atoms with van der Waals surface area (Å²) < 4.78 is 24.8. The zero-order valence-corrected chi connectivity index (χ0v) is 9.77. The van der Waals surface area contributed by atoms with Crippen LogP contribution in [0.15, 0.2) is 30.3 Å². The molecule has 0 aromatic heterocycles. The van der Waals surface area contributed by atoms with Crippen molar-refractivity contribution < 1.29 is 23.1 Å². The van der Waals surface area contributed by atoms with E-state index >= 15 is 0 Å². The topological polar surface area (TPSA) is 101 Å². The zero-order chi connectivity index (χ0) is 13.1. The summed E-state index contributed by atoms with van der Waals surface area (Å²) in [5.41, 5.74) is -0.0161. The van der Waals surface area contributed by atoms with Crippen molar-refractivity contribution in [1.82, 2.24) is 4.72 Å². The van der Waals surface area contributed by atoms with Crippen molar-refractivity contribution in [1.29, 1.82) is 0 Å². The van der Waals surface area contributed by atoms with Crippen LogP contribution in [0.3, 0.4) is 0 Å². The third-order valence-corrected chi connectivity index (χ3v) is 3.34. The molecule has 7 heteroatoms. The van der Waals surface area contributed by atoms with Gasteiger partial charge in [-0.15, -0.1) is 0 Å². The maximum Gasteiger partial charge on any atom is 0.321 e. The molecule has 0 spiro atoms. The highest BCUT2D eigenvalue weighted by Gasteiger charge is 2.27. The molecule has 1 aromatic carbocycles. The second kappa shape index (κ2) is 5.07. The minimum atomic E-state index is -4.33. The number of sulfonamides is 1. The normalized spacial score (nSPS) is 13.0. The van der Waals surface area contributed by atoms with Crippen molar-refractivity contribution in [2.24, 2.45) is 0 Å². The Hall–Kier alpha value is -1.73. The van der Waals surface area contributed by atoms with Gasteiger partial charge in [0.15, 0.2) is 0 Å². The monoisotopic (exact) mass is 257 g/mol. The van der Waals surface area contributed by atoms with Crippen molar-refractivity contribution in [3.05, 3.63) is 35.9 Å². The van der Waals surface area contributed by atoms with E-state index in [4.69, 9.17) is 5.11 Å². The summed E-state index contributed by atoms with van der Waals surface area (Å²) in [6.45, 7) is 1.14. The van der Waals surface area contributed by atoms with Crippen LogP contribution in [0.25, 0.3) is 0 Å². The molecule has 0 aliphatic carbocycles. The van der Waals surface area contributed by atoms with E-state index in [1.165, 1.54) is 24.3 Å². The van der Waals surface area contributed by atoms with E-state index in [9.17, 15) is 18.0 Å². The fourth-order valence-corrected chi connectivity index (χ4v) is 2.19. The van der Waals surface area contributed by atoms with Gasteiger partial charge in [0, 0.05) is 5.56 Å². The molecule has 2 N–H and O–H groups in total. The van der Waals surface area contributed by atoms with Gasteiger partial charge >= 0.3 is 5.97 Å². The number of carboxylic acid groups (broad SMARTS) is 1. The predicted octanol–water partition coefficient (Wildman–Crippen LogP) is 0.219. The summed E-state index contributed by atoms with van der Waals surface area (Å²) in [6.07, 6.45) is 0. The Kier molecular flexibility index (Phi) is 3.97. The summed E-state index contributed by atoms with van der Waals surface area (Å²) in [7, 11) is -4.33. The Morgan fingerprint density at radius 3 is 2.24 bits per heavy atom. The average molecular weight is 257 g/mol. The second-order valence-corrected chi connectivity index (χ2v) is 4.95. The van der Waals surface area contributed by atoms with Crippen molar-refractivity contribution in [3.8, 4) is 0 Å². The Morgan fingerprint density at radius 2 is 1.76 bits per heavy atom. The van der Waals surface area contributed by atoms with Crippen LogP contribution in [0.5, 0.6) is 0 Å². The number of aliphatic carboxylic acids is 1. The molecule has 1 rings (SSSR count). The van der Waals surface area contributed by atoms with Crippen molar-refractivity contribution in [3.63, 3.8) is 0 Å². The molecular weight excluding hydrogens is 246 g/mol. The van der Waals surface area contributed by atoms with Crippen LogP contribution in [-0.2, 0) is 14.8 Å². The average Bonchev–Trinajstić information content (AvgIpc) is 2.28. The molecule has 0 bridgehead atoms. The highest BCUT2D eigenvalue weighted by molar-refractivity contribution is 8.05. The molecule has 6 nitrogen and oxygen atoms in total. The van der Waals surface area contributed by atoms with Crippen molar-refractivity contribution in [2.75, 3.05) is 0 Å². The molecule has 1 unspecified atom stereocenters. The van der Waals surface area contributed by atoms with Gasteiger partial charge in [-0.1, -0.05) is 30.3 Å². The third kappa shape index (κ3) is 3.36. The largest absolute Gasteiger partial charge is 0.480 e. The number of carbonyl (C=O) groups excluding carboxylic acids is 1. The number of rotatable bonds is 4. The molecule has 0 heterocycles. The lowest BCUT2D eigenvalue weighted by Gasteiger charge is -2.08. The maximum absolute atomic E-state index is 11.6. The van der Waals surface area contributed by atoms with Crippen LogP contribution in [0.1, 0.15) is 17.3 Å². The van der Waals surface area contributed by atoms with Crippen LogP contribution < -0.4 is 4.72 Å². The summed E-state index contributed by atoms with van der Waals surface area (Å²) in [5, 5.41) is 7.41. The van der Waals surface area contributed by atoms with E-state index in [1.807, 2.05) is 0 Å². The van der Waals surface area contributed by atoms with Gasteiger partial charge < -0.3 is 5.11 Å². The van der Waals surface area contributed by atoms with Gasteiger partial charge in [-0.05, 0) is 6.92 Å². The Bertz CT molecular complexity index is 523. The lowest BCUT2D eigenvalue weighted by Crippen LogP contribution is -2.41. The molecule has 0 radical (unpaired) electrons. The summed E-state index contributed by atoms with van der Waals surface area (Å²) in [6, 6.07) is 6.00. The van der Waals surface area contributed by atoms with E-state index in [0.717, 1.165) is 6.92 Å². The van der Waals surface area contributed by atoms with Gasteiger partial charge in [0.05, 0.1) is 0 Å². The molecule has 1 aromatic rings. The van der Waals surface area contributed by atoms with Gasteiger partial charge in [-0.2, -0.15) is 4.72 Å². The van der Waals surface area contributed by atoms with E-state index in [1.54, 1.807) is 10.8 Å². The highest BCUT2D eigenvalue weighted by Crippen LogP contribution is 2.05. The van der Waals surface area contributed by atoms with Gasteiger partial charge in [0.1, 0.15) is 6.04 Å². The highest BCUT2D eigenvalue weighted by atomic mass is 32.2. The van der Waals surface area contributed by atoms with Crippen LogP contribution in [0.2, 0.25) is 0 Å². The van der Waals surface area contributed by atoms with Crippen LogP contribution in [0.4, 0.5) is 0 Å². The number of nitrogens with one attached hydrogen (secondary N) is 1. The predicted molar refractivity (Wildman–Crippen MR) is 59.9 cm³/mol. The van der Waals surface area contributed by atoms with Crippen LogP contribution >= 0.6 is 0 Å². The molecule has 0 aliphatic heterocycles. The van der Waals surface area contributed by atoms with E-state index in [0.29, 0.717) is 0 Å². The van der Waals surface area contributed by atoms with E-state index in [2.05, 4.69) is 0 Å². The third-order valence-electron chi connectivity index (χ3n) is 1.96. The first-order valence-electron chi connectivity index (χ1n) is 4.69. The summed E-state index contributed by atoms with van der Waals surface area (Å²) in [5.74, 6) is -1.35. The van der Waals surface area contributed by atoms with Gasteiger partial charge in [-0.25, -0.2) is 8.42 Å². The number of benzene rings is 1. The summed E-state index contributed by atoms with van der Waals surface area (Å²) >= 11 is 0. The first-order chi connectivity index (χ1) is 7.84. The standard InChI is InChI=1S/C10H11NO5S/c1-7(9(12)13)11-17(15,16)10(14)8-5-3-2-4-6-8/h2-7,11H,1H3,(H,12,13). The number of carboxylic acids is 1. The van der Waals surface area contributed by atoms with E-state index < -0.39 is 27.1 Å². The van der Waals surface area contributed by atoms with Gasteiger partial charge in [-0.3, -0.25) is 9.59 Å². The first-order valence-corrected chi connectivity index (χ1v) is 6.17. The molecule has 1 atom stereocenters. The lowest BCUT2D eigenvalue weighted by atomic mass is 10.2. The first kappa shape index (κ1) is 13.3. The number of hydrogen-bond acceptors (Lipinski definition) is 4. The quantitative estimate of drug-likeness (QED) is 0.803. The smallest absolute Gasteiger partial charge is 0.321 e. The minimum Gasteiger partial charge on any atom is -0.480 e. The molecule has 17 heavy (non-hydrogen) atoms. The fraction of sp³-hybridized carbons (Fsp3) is 0.200. The van der Waals surface area contributed by atoms with Crippen molar-refractivity contribution >= 4 is 21.1 Å². The molecule has 92 valence electrons. The SMILES string of the molecule is CC(NS(=O)(=O)C(=O)c1ccccc1)C(=O)O. The Morgan fingerprint density at radius 1 is 1.24 bits per heavy atom. The minimum absolute atomic E-state index is 0.0161. The Balaban J connectivity index is 2.93. The second-order valence-electron chi connectivity index (χ2n) is 3.33. The number of carbonyl (C=O) groups is 2. The summed E-state index contributed by atoms with van der Waals surface area (Å²) in [4.78, 5) is 22.1. The molecular formula is C10H11NO5S. The van der Waals surface area contributed by atoms with E-state index in [-0.39, 0.29) is 5.56 Å². The fourth-order valence-electron chi connectivity index (χ4n) is 1.07. The zero-order valence-electron chi connectivity index (χ0n) is 8.95. The van der Waals surface area contributed by atoms with Gasteiger partial charge in [0.2, 0.25) is 0 Å². The van der Waals surface area contributed by atoms with Gasteiger partial charge in [0.25, 0.3) is 15.1 Å². The molecule has 0 aliphatic rings. The number of hydrogen-bond donors (Lipinski definition) is 2. The molecule has 0 amide bonds. The van der Waals surface area contributed by atoms with Crippen LogP contribution in [0, 0.1) is 0 Å². The lowest BCUT2D eigenvalue weighted by molar-refractivity contribution is -0.138. The molecule has 0 saturated carbocycles.